The molecule has 4 rings (SSSR count). The zero-order chi connectivity index (χ0) is 15.8. The molecular weight excluding hydrogens is 290 g/mol. The summed E-state index contributed by atoms with van der Waals surface area (Å²) in [5.74, 6) is 2.87. The molecule has 0 N–H and O–H groups in total. The lowest BCUT2D eigenvalue weighted by Gasteiger charge is -2.10. The molecule has 3 atom stereocenters. The largest absolute Gasteiger partial charge is 0.493 e. The molecule has 0 aromatic heterocycles. The van der Waals surface area contributed by atoms with Crippen LogP contribution in [0.1, 0.15) is 23.5 Å². The van der Waals surface area contributed by atoms with Gasteiger partial charge in [-0.05, 0) is 47.6 Å². The van der Waals surface area contributed by atoms with Crippen molar-refractivity contribution in [1.29, 1.82) is 0 Å². The first-order valence-electron chi connectivity index (χ1n) is 7.85. The molecule has 0 radical (unpaired) electrons. The Balaban J connectivity index is 1.38. The summed E-state index contributed by atoms with van der Waals surface area (Å²) < 4.78 is 5.99. The quantitative estimate of drug-likeness (QED) is 0.606. The molecule has 0 heterocycles. The number of nitro groups is 1. The van der Waals surface area contributed by atoms with Gasteiger partial charge in [-0.2, -0.15) is 0 Å². The number of non-ortho nitro benzene ring substituents is 1. The molecule has 0 bridgehead atoms. The molecule has 4 heteroatoms. The van der Waals surface area contributed by atoms with Crippen molar-refractivity contribution in [2.45, 2.75) is 18.9 Å². The van der Waals surface area contributed by atoms with Gasteiger partial charge in [-0.15, -0.1) is 0 Å². The van der Waals surface area contributed by atoms with E-state index in [2.05, 4.69) is 30.3 Å². The molecule has 0 saturated heterocycles. The number of allylic oxidation sites excluding steroid dienone is 2. The van der Waals surface area contributed by atoms with Crippen LogP contribution in [0.4, 0.5) is 5.69 Å². The predicted octanol–water partition coefficient (Wildman–Crippen LogP) is 4.43. The van der Waals surface area contributed by atoms with Gasteiger partial charge >= 0.3 is 0 Å². The van der Waals surface area contributed by atoms with Crippen LogP contribution < -0.4 is 0 Å². The first kappa shape index (κ1) is 14.0. The summed E-state index contributed by atoms with van der Waals surface area (Å²) in [4.78, 5) is 10.3. The Labute approximate surface area is 134 Å². The first-order valence-corrected chi connectivity index (χ1v) is 7.85. The number of hydrogen-bond acceptors (Lipinski definition) is 3. The fraction of sp³-hybridized carbons (Fsp3) is 0.263. The summed E-state index contributed by atoms with van der Waals surface area (Å²) in [5, 5.41) is 10.7. The van der Waals surface area contributed by atoms with E-state index in [-0.39, 0.29) is 10.6 Å². The van der Waals surface area contributed by atoms with Crippen molar-refractivity contribution in [1.82, 2.24) is 0 Å². The molecule has 2 aromatic carbocycles. The van der Waals surface area contributed by atoms with Crippen molar-refractivity contribution >= 4 is 5.69 Å². The van der Waals surface area contributed by atoms with Crippen LogP contribution >= 0.6 is 0 Å². The van der Waals surface area contributed by atoms with Gasteiger partial charge in [0.1, 0.15) is 6.61 Å². The number of rotatable bonds is 5. The van der Waals surface area contributed by atoms with Crippen LogP contribution in [-0.2, 0) is 11.3 Å². The Kier molecular flexibility index (Phi) is 3.37. The van der Waals surface area contributed by atoms with E-state index < -0.39 is 0 Å². The Morgan fingerprint density at radius 3 is 2.48 bits per heavy atom. The molecule has 23 heavy (non-hydrogen) atoms. The number of ether oxygens (including phenoxy) is 1. The number of nitro benzene ring substituents is 1. The minimum Gasteiger partial charge on any atom is -0.493 e. The third kappa shape index (κ3) is 2.61. The summed E-state index contributed by atoms with van der Waals surface area (Å²) in [6, 6.07) is 17.2. The van der Waals surface area contributed by atoms with Gasteiger partial charge in [-0.3, -0.25) is 10.1 Å². The van der Waals surface area contributed by atoms with E-state index in [9.17, 15) is 10.1 Å². The molecule has 1 fully saturated rings. The zero-order valence-corrected chi connectivity index (χ0v) is 12.6. The van der Waals surface area contributed by atoms with Crippen molar-refractivity contribution in [2.24, 2.45) is 11.8 Å². The topological polar surface area (TPSA) is 52.4 Å². The maximum atomic E-state index is 10.7. The van der Waals surface area contributed by atoms with E-state index in [0.29, 0.717) is 24.4 Å². The lowest BCUT2D eigenvalue weighted by Crippen LogP contribution is -1.97. The molecule has 2 aliphatic carbocycles. The van der Waals surface area contributed by atoms with Gasteiger partial charge in [-0.1, -0.05) is 30.3 Å². The maximum absolute atomic E-state index is 10.7. The van der Waals surface area contributed by atoms with E-state index in [1.165, 1.54) is 17.7 Å². The van der Waals surface area contributed by atoms with Gasteiger partial charge in [0.05, 0.1) is 10.7 Å². The second kappa shape index (κ2) is 5.54. The molecule has 0 aliphatic heterocycles. The van der Waals surface area contributed by atoms with E-state index >= 15 is 0 Å². The van der Waals surface area contributed by atoms with Crippen molar-refractivity contribution in [3.8, 4) is 0 Å². The van der Waals surface area contributed by atoms with Crippen LogP contribution in [0.15, 0.2) is 66.4 Å². The highest BCUT2D eigenvalue weighted by Crippen LogP contribution is 2.63. The van der Waals surface area contributed by atoms with Gasteiger partial charge in [0.15, 0.2) is 0 Å². The molecule has 2 aromatic rings. The number of hydrogen-bond donors (Lipinski definition) is 0. The number of fused-ring (bicyclic) bond motifs is 1. The second-order valence-corrected chi connectivity index (χ2v) is 6.18. The minimum absolute atomic E-state index is 0.111. The van der Waals surface area contributed by atoms with Gasteiger partial charge in [0.2, 0.25) is 0 Å². The Morgan fingerprint density at radius 2 is 1.78 bits per heavy atom. The van der Waals surface area contributed by atoms with Crippen molar-refractivity contribution < 1.29 is 9.66 Å². The van der Waals surface area contributed by atoms with Crippen molar-refractivity contribution in [3.63, 3.8) is 0 Å². The SMILES string of the molecule is O=[N+]([O-])c1ccc(COC2=CC[C@H]3[C@@H]2[C@@H]3c2ccccc2)cc1. The summed E-state index contributed by atoms with van der Waals surface area (Å²) in [7, 11) is 0. The molecular formula is C19H17NO3. The summed E-state index contributed by atoms with van der Waals surface area (Å²) in [6.45, 7) is 0.467. The third-order valence-corrected chi connectivity index (χ3v) is 4.83. The van der Waals surface area contributed by atoms with Crippen molar-refractivity contribution in [3.05, 3.63) is 87.7 Å². The maximum Gasteiger partial charge on any atom is 0.269 e. The summed E-state index contributed by atoms with van der Waals surface area (Å²) >= 11 is 0. The molecule has 0 amide bonds. The fourth-order valence-corrected chi connectivity index (χ4v) is 3.61. The van der Waals surface area contributed by atoms with Crippen LogP contribution in [0, 0.1) is 22.0 Å². The fourth-order valence-electron chi connectivity index (χ4n) is 3.61. The molecule has 0 spiro atoms. The Bertz CT molecular complexity index is 752. The van der Waals surface area contributed by atoms with Crippen LogP contribution in [0.5, 0.6) is 0 Å². The van der Waals surface area contributed by atoms with E-state index in [0.717, 1.165) is 17.7 Å². The van der Waals surface area contributed by atoms with Crippen molar-refractivity contribution in [2.75, 3.05) is 0 Å². The van der Waals surface area contributed by atoms with Crippen LogP contribution in [0.3, 0.4) is 0 Å². The van der Waals surface area contributed by atoms with E-state index in [4.69, 9.17) is 4.74 Å². The Morgan fingerprint density at radius 1 is 1.04 bits per heavy atom. The van der Waals surface area contributed by atoms with Gasteiger partial charge in [0.25, 0.3) is 5.69 Å². The molecule has 1 saturated carbocycles. The molecule has 4 nitrogen and oxygen atoms in total. The highest BCUT2D eigenvalue weighted by molar-refractivity contribution is 5.37. The van der Waals surface area contributed by atoms with Gasteiger partial charge < -0.3 is 4.74 Å². The second-order valence-electron chi connectivity index (χ2n) is 6.18. The lowest BCUT2D eigenvalue weighted by atomic mass is 10.1. The van der Waals surface area contributed by atoms with Crippen LogP contribution in [0.25, 0.3) is 0 Å². The van der Waals surface area contributed by atoms with Gasteiger partial charge in [0, 0.05) is 18.1 Å². The minimum atomic E-state index is -0.386. The molecule has 116 valence electrons. The molecule has 2 aliphatic rings. The average Bonchev–Trinajstić information content (AvgIpc) is 3.16. The molecule has 0 unspecified atom stereocenters. The predicted molar refractivity (Wildman–Crippen MR) is 86.7 cm³/mol. The summed E-state index contributed by atoms with van der Waals surface area (Å²) in [5.41, 5.74) is 2.46. The highest BCUT2D eigenvalue weighted by Gasteiger charge is 2.56. The number of benzene rings is 2. The van der Waals surface area contributed by atoms with E-state index in [1.54, 1.807) is 12.1 Å². The zero-order valence-electron chi connectivity index (χ0n) is 12.6. The summed E-state index contributed by atoms with van der Waals surface area (Å²) in [6.07, 6.45) is 3.28. The monoisotopic (exact) mass is 307 g/mol. The number of nitrogens with zero attached hydrogens (tertiary/aromatic N) is 1. The first-order chi connectivity index (χ1) is 11.2. The highest BCUT2D eigenvalue weighted by atomic mass is 16.6. The smallest absolute Gasteiger partial charge is 0.269 e. The average molecular weight is 307 g/mol. The van der Waals surface area contributed by atoms with Crippen LogP contribution in [0.2, 0.25) is 0 Å². The third-order valence-electron chi connectivity index (χ3n) is 4.83. The normalized spacial score (nSPS) is 24.7. The standard InChI is InChI=1S/C19H17NO3/c21-20(22)15-8-6-13(7-9-15)12-23-17-11-10-16-18(19(16)17)14-4-2-1-3-5-14/h1-9,11,16,18-19H,10,12H2/t16-,18-,19+/m1/s1. The van der Waals surface area contributed by atoms with E-state index in [1.807, 2.05) is 6.07 Å². The van der Waals surface area contributed by atoms with Gasteiger partial charge in [-0.25, -0.2) is 0 Å². The Hall–Kier alpha value is -2.62. The lowest BCUT2D eigenvalue weighted by molar-refractivity contribution is -0.384. The van der Waals surface area contributed by atoms with Crippen LogP contribution in [-0.4, -0.2) is 4.92 Å².